The Kier molecular flexibility index (Phi) is 5.38. The van der Waals surface area contributed by atoms with Gasteiger partial charge in [0, 0.05) is 50.9 Å². The highest BCUT2D eigenvalue weighted by atomic mass is 16.6. The van der Waals surface area contributed by atoms with Crippen molar-refractivity contribution < 1.29 is 14.5 Å². The van der Waals surface area contributed by atoms with Gasteiger partial charge in [-0.3, -0.25) is 19.7 Å². The van der Waals surface area contributed by atoms with Crippen LogP contribution in [0.3, 0.4) is 0 Å². The second-order valence-corrected chi connectivity index (χ2v) is 6.08. The largest absolute Gasteiger partial charge is 0.368 e. The van der Waals surface area contributed by atoms with Gasteiger partial charge in [-0.1, -0.05) is 0 Å². The molecule has 0 atom stereocenters. The van der Waals surface area contributed by atoms with E-state index in [-0.39, 0.29) is 23.2 Å². The van der Waals surface area contributed by atoms with E-state index < -0.39 is 10.8 Å². The zero-order valence-electron chi connectivity index (χ0n) is 14.1. The lowest BCUT2D eigenvalue weighted by Crippen LogP contribution is -2.48. The molecule has 1 fully saturated rings. The van der Waals surface area contributed by atoms with Crippen molar-refractivity contribution in [3.05, 3.63) is 33.9 Å². The van der Waals surface area contributed by atoms with Gasteiger partial charge in [-0.2, -0.15) is 0 Å². The lowest BCUT2D eigenvalue weighted by atomic mass is 10.1. The molecule has 1 aromatic carbocycles. The van der Waals surface area contributed by atoms with Crippen molar-refractivity contribution in [2.75, 3.05) is 31.1 Å². The summed E-state index contributed by atoms with van der Waals surface area (Å²) >= 11 is 0. The fraction of sp³-hybridized carbons (Fsp3) is 0.500. The zero-order chi connectivity index (χ0) is 17.9. The van der Waals surface area contributed by atoms with Crippen molar-refractivity contribution in [3.8, 4) is 0 Å². The molecule has 1 aliphatic rings. The fourth-order valence-corrected chi connectivity index (χ4v) is 2.68. The Bertz CT molecular complexity index is 651. The normalized spacial score (nSPS) is 14.7. The van der Waals surface area contributed by atoms with Crippen LogP contribution in [-0.4, -0.2) is 53.9 Å². The number of nitro benzene ring substituents is 1. The van der Waals surface area contributed by atoms with Gasteiger partial charge in [0.1, 0.15) is 5.56 Å². The van der Waals surface area contributed by atoms with Crippen LogP contribution in [0.2, 0.25) is 0 Å². The third kappa shape index (κ3) is 4.01. The van der Waals surface area contributed by atoms with Gasteiger partial charge in [-0.05, 0) is 26.0 Å². The predicted molar refractivity (Wildman–Crippen MR) is 90.2 cm³/mol. The maximum absolute atomic E-state index is 12.3. The van der Waals surface area contributed by atoms with Crippen LogP contribution < -0.4 is 10.2 Å². The SMILES string of the molecule is CC(=O)N1CCN(c2ccc([N+](=O)[O-])c(C(=O)NC(C)C)c2)CC1. The topological polar surface area (TPSA) is 95.8 Å². The number of rotatable bonds is 4. The lowest BCUT2D eigenvalue weighted by Gasteiger charge is -2.35. The molecule has 1 aliphatic heterocycles. The molecule has 2 amide bonds. The fourth-order valence-electron chi connectivity index (χ4n) is 2.68. The third-order valence-corrected chi connectivity index (χ3v) is 3.93. The van der Waals surface area contributed by atoms with Gasteiger partial charge in [0.05, 0.1) is 4.92 Å². The molecular weight excluding hydrogens is 312 g/mol. The lowest BCUT2D eigenvalue weighted by molar-refractivity contribution is -0.385. The molecule has 0 radical (unpaired) electrons. The Labute approximate surface area is 140 Å². The number of anilines is 1. The van der Waals surface area contributed by atoms with E-state index in [4.69, 9.17) is 0 Å². The van der Waals surface area contributed by atoms with Crippen LogP contribution in [0.1, 0.15) is 31.1 Å². The molecule has 0 aliphatic carbocycles. The van der Waals surface area contributed by atoms with E-state index in [0.717, 1.165) is 5.69 Å². The van der Waals surface area contributed by atoms with Crippen LogP contribution in [0.4, 0.5) is 11.4 Å². The highest BCUT2D eigenvalue weighted by Gasteiger charge is 2.24. The molecule has 8 heteroatoms. The molecule has 0 spiro atoms. The first-order valence-electron chi connectivity index (χ1n) is 7.89. The highest BCUT2D eigenvalue weighted by molar-refractivity contribution is 5.99. The quantitative estimate of drug-likeness (QED) is 0.663. The Hall–Kier alpha value is -2.64. The number of carbonyl (C=O) groups excluding carboxylic acids is 2. The Morgan fingerprint density at radius 2 is 1.83 bits per heavy atom. The number of piperazine rings is 1. The van der Waals surface area contributed by atoms with Gasteiger partial charge < -0.3 is 15.1 Å². The summed E-state index contributed by atoms with van der Waals surface area (Å²) in [5.74, 6) is -0.420. The number of hydrogen-bond donors (Lipinski definition) is 1. The first-order valence-corrected chi connectivity index (χ1v) is 7.89. The Morgan fingerprint density at radius 3 is 2.33 bits per heavy atom. The average Bonchev–Trinajstić information content (AvgIpc) is 2.53. The van der Waals surface area contributed by atoms with E-state index in [1.54, 1.807) is 30.9 Å². The molecule has 1 aromatic rings. The maximum atomic E-state index is 12.3. The third-order valence-electron chi connectivity index (χ3n) is 3.93. The summed E-state index contributed by atoms with van der Waals surface area (Å²) in [5.41, 5.74) is 0.595. The minimum atomic E-state index is -0.549. The molecule has 0 saturated carbocycles. The van der Waals surface area contributed by atoms with E-state index in [2.05, 4.69) is 5.32 Å². The molecule has 0 aromatic heterocycles. The van der Waals surface area contributed by atoms with E-state index >= 15 is 0 Å². The van der Waals surface area contributed by atoms with E-state index in [9.17, 15) is 19.7 Å². The van der Waals surface area contributed by atoms with Crippen LogP contribution in [0, 0.1) is 10.1 Å². The van der Waals surface area contributed by atoms with E-state index in [1.165, 1.54) is 13.0 Å². The van der Waals surface area contributed by atoms with Gasteiger partial charge in [-0.15, -0.1) is 0 Å². The van der Waals surface area contributed by atoms with E-state index in [1.807, 2.05) is 4.90 Å². The molecule has 1 N–H and O–H groups in total. The smallest absolute Gasteiger partial charge is 0.282 e. The van der Waals surface area contributed by atoms with Crippen molar-refractivity contribution >= 4 is 23.2 Å². The summed E-state index contributed by atoms with van der Waals surface area (Å²) in [6.45, 7) is 7.59. The van der Waals surface area contributed by atoms with Crippen molar-refractivity contribution in [1.82, 2.24) is 10.2 Å². The number of nitro groups is 1. The molecule has 1 saturated heterocycles. The molecule has 0 unspecified atom stereocenters. The molecule has 8 nitrogen and oxygen atoms in total. The average molecular weight is 334 g/mol. The monoisotopic (exact) mass is 334 g/mol. The number of amides is 2. The number of hydrogen-bond acceptors (Lipinski definition) is 5. The van der Waals surface area contributed by atoms with E-state index in [0.29, 0.717) is 26.2 Å². The second-order valence-electron chi connectivity index (χ2n) is 6.08. The second kappa shape index (κ2) is 7.29. The van der Waals surface area contributed by atoms with Crippen LogP contribution >= 0.6 is 0 Å². The number of nitrogens with one attached hydrogen (secondary N) is 1. The molecule has 1 heterocycles. The first kappa shape index (κ1) is 17.7. The molecule has 0 bridgehead atoms. The van der Waals surface area contributed by atoms with Crippen LogP contribution in [0.15, 0.2) is 18.2 Å². The van der Waals surface area contributed by atoms with Gasteiger partial charge in [0.2, 0.25) is 5.91 Å². The summed E-state index contributed by atoms with van der Waals surface area (Å²) in [6.07, 6.45) is 0. The first-order chi connectivity index (χ1) is 11.3. The van der Waals surface area contributed by atoms with Crippen molar-refractivity contribution in [2.24, 2.45) is 0 Å². The number of benzene rings is 1. The number of nitrogens with zero attached hydrogens (tertiary/aromatic N) is 3. The minimum absolute atomic E-state index is 0.0374. The standard InChI is InChI=1S/C16H22N4O4/c1-11(2)17-16(22)14-10-13(4-5-15(14)20(23)24)19-8-6-18(7-9-19)12(3)21/h4-5,10-11H,6-9H2,1-3H3,(H,17,22). The predicted octanol–water partition coefficient (Wildman–Crippen LogP) is 1.40. The van der Waals surface area contributed by atoms with Gasteiger partial charge >= 0.3 is 0 Å². The number of carbonyl (C=O) groups is 2. The maximum Gasteiger partial charge on any atom is 0.282 e. The molecule has 130 valence electrons. The summed E-state index contributed by atoms with van der Waals surface area (Å²) in [4.78, 5) is 38.1. The summed E-state index contributed by atoms with van der Waals surface area (Å²) < 4.78 is 0. The molecular formula is C16H22N4O4. The molecule has 2 rings (SSSR count). The highest BCUT2D eigenvalue weighted by Crippen LogP contribution is 2.26. The Balaban J connectivity index is 2.25. The van der Waals surface area contributed by atoms with Crippen LogP contribution in [0.5, 0.6) is 0 Å². The van der Waals surface area contributed by atoms with Crippen molar-refractivity contribution in [3.63, 3.8) is 0 Å². The van der Waals surface area contributed by atoms with Crippen molar-refractivity contribution in [2.45, 2.75) is 26.8 Å². The van der Waals surface area contributed by atoms with Crippen LogP contribution in [0.25, 0.3) is 0 Å². The van der Waals surface area contributed by atoms with Gasteiger partial charge in [0.15, 0.2) is 0 Å². The Morgan fingerprint density at radius 1 is 1.21 bits per heavy atom. The van der Waals surface area contributed by atoms with Crippen molar-refractivity contribution in [1.29, 1.82) is 0 Å². The summed E-state index contributed by atoms with van der Waals surface area (Å²) in [6, 6.07) is 4.45. The van der Waals surface area contributed by atoms with Gasteiger partial charge in [0.25, 0.3) is 11.6 Å². The summed E-state index contributed by atoms with van der Waals surface area (Å²) in [5, 5.41) is 13.9. The van der Waals surface area contributed by atoms with Crippen LogP contribution in [-0.2, 0) is 4.79 Å². The zero-order valence-corrected chi connectivity index (χ0v) is 14.1. The van der Waals surface area contributed by atoms with Gasteiger partial charge in [-0.25, -0.2) is 0 Å². The summed E-state index contributed by atoms with van der Waals surface area (Å²) in [7, 11) is 0. The molecule has 24 heavy (non-hydrogen) atoms. The minimum Gasteiger partial charge on any atom is -0.368 e.